The van der Waals surface area contributed by atoms with Gasteiger partial charge in [0.2, 0.25) is 53.2 Å². The van der Waals surface area contributed by atoms with Gasteiger partial charge in [-0.05, 0) is 17.5 Å². The molecule has 10 atom stereocenters. The first-order valence-corrected chi connectivity index (χ1v) is 22.1. The highest BCUT2D eigenvalue weighted by Gasteiger charge is 2.45. The first kappa shape index (κ1) is 49.2. The number of amides is 9. The molecule has 3 aliphatic rings. The fourth-order valence-corrected chi connectivity index (χ4v) is 9.42. The number of H-pyrrole nitrogens is 1. The molecule has 1 fully saturated rings. The van der Waals surface area contributed by atoms with Crippen LogP contribution in [0.3, 0.4) is 0 Å². The maximum Gasteiger partial charge on any atom is 0.246 e. The number of rotatable bonds is 8. The number of fused-ring (bicyclic) bond motifs is 5. The van der Waals surface area contributed by atoms with Crippen LogP contribution in [0.2, 0.25) is 0 Å². The number of aliphatic hydroxyl groups is 3. The number of primary amides is 1. The molecule has 2 bridgehead atoms. The number of aliphatic hydroxyl groups excluding tert-OH is 3. The molecule has 2 aromatic rings. The number of hydrogen-bond donors (Lipinski definition) is 12. The average Bonchev–Trinajstić information content (AvgIpc) is 3.82. The van der Waals surface area contributed by atoms with Crippen molar-refractivity contribution in [2.45, 2.75) is 119 Å². The second-order valence-electron chi connectivity index (χ2n) is 16.4. The number of carbonyl (C=O) groups is 9. The molecule has 13 N–H and O–H groups in total. The number of nitrogens with two attached hydrogens (primary N) is 1. The summed E-state index contributed by atoms with van der Waals surface area (Å²) in [4.78, 5) is 129. The van der Waals surface area contributed by atoms with Gasteiger partial charge in [0.15, 0.2) is 0 Å². The topological polar surface area (TPSA) is 344 Å². The Morgan fingerprint density at radius 2 is 1.52 bits per heavy atom. The summed E-state index contributed by atoms with van der Waals surface area (Å²) in [6.07, 6.45) is -3.39. The summed E-state index contributed by atoms with van der Waals surface area (Å²) in [6.45, 7) is 3.97. The minimum absolute atomic E-state index is 0.268. The molecule has 3 aliphatic heterocycles. The summed E-state index contributed by atoms with van der Waals surface area (Å²) < 4.78 is 0. The number of aromatic amines is 1. The Hall–Kier alpha value is -5.78. The molecule has 0 aliphatic carbocycles. The van der Waals surface area contributed by atoms with Crippen LogP contribution in [0.4, 0.5) is 0 Å². The quantitative estimate of drug-likeness (QED) is 0.121. The van der Waals surface area contributed by atoms with Crippen LogP contribution in [0.5, 0.6) is 0 Å². The molecule has 4 heterocycles. The van der Waals surface area contributed by atoms with E-state index in [4.69, 9.17) is 5.73 Å². The van der Waals surface area contributed by atoms with E-state index >= 15 is 0 Å². The van der Waals surface area contributed by atoms with Crippen molar-refractivity contribution in [1.82, 2.24) is 47.1 Å². The van der Waals surface area contributed by atoms with Gasteiger partial charge in [0.05, 0.1) is 43.4 Å². The normalized spacial score (nSPS) is 28.1. The first-order chi connectivity index (χ1) is 30.4. The molecular formula is C41H58N10O12S. The van der Waals surface area contributed by atoms with Crippen molar-refractivity contribution >= 4 is 75.8 Å². The summed E-state index contributed by atoms with van der Waals surface area (Å²) in [5.41, 5.74) is 6.57. The van der Waals surface area contributed by atoms with Crippen molar-refractivity contribution in [3.8, 4) is 0 Å². The molecule has 0 unspecified atom stereocenters. The second kappa shape index (κ2) is 21.7. The molecule has 0 spiro atoms. The summed E-state index contributed by atoms with van der Waals surface area (Å²) in [7, 11) is 0. The lowest BCUT2D eigenvalue weighted by atomic mass is 9.93. The summed E-state index contributed by atoms with van der Waals surface area (Å²) >= 11 is 1.05. The molecule has 22 nitrogen and oxygen atoms in total. The van der Waals surface area contributed by atoms with Crippen molar-refractivity contribution in [2.24, 2.45) is 17.6 Å². The standard InChI is InChI=1S/C41H58N10O12S/c1-5-20(6-2)34-37(60)44-15-30(56)48-33-19(4)64-40-23(22-9-7-8-10-24(22)47-40)12-25(35(58)43-14-31(57)49-34)45-38(61)32(18(3)28(54)17-52)50-36(59)27-11-21(53)16-51(27)41(63)26(13-29(42)55)46-39(33)62/h7-10,18-21,25-28,32-34,47,52-54H,5-6,11-17H2,1-4H3,(H2,42,55)(H,43,58)(H,44,60)(H,45,61)(H,46,62)(H,48,56)(H,49,57)(H,50,59)/t18-,19-,21+,25-,26-,27-,28-,32-,33-,34-/m0/s1. The van der Waals surface area contributed by atoms with Gasteiger partial charge in [-0.25, -0.2) is 0 Å². The Morgan fingerprint density at radius 3 is 2.17 bits per heavy atom. The van der Waals surface area contributed by atoms with Crippen molar-refractivity contribution in [1.29, 1.82) is 0 Å². The van der Waals surface area contributed by atoms with Gasteiger partial charge in [-0.1, -0.05) is 58.7 Å². The summed E-state index contributed by atoms with van der Waals surface area (Å²) in [5.74, 6) is -9.84. The monoisotopic (exact) mass is 914 g/mol. The van der Waals surface area contributed by atoms with Crippen molar-refractivity contribution in [3.05, 3.63) is 29.8 Å². The zero-order valence-electron chi connectivity index (χ0n) is 36.0. The highest BCUT2D eigenvalue weighted by molar-refractivity contribution is 8.00. The van der Waals surface area contributed by atoms with Crippen LogP contribution in [0, 0.1) is 11.8 Å². The Bertz CT molecular complexity index is 2120. The van der Waals surface area contributed by atoms with Crippen molar-refractivity contribution in [2.75, 3.05) is 26.2 Å². The molecule has 5 rings (SSSR count). The van der Waals surface area contributed by atoms with Crippen LogP contribution in [-0.4, -0.2) is 158 Å². The van der Waals surface area contributed by atoms with E-state index < -0.39 is 151 Å². The van der Waals surface area contributed by atoms with Crippen molar-refractivity contribution in [3.63, 3.8) is 0 Å². The second-order valence-corrected chi connectivity index (χ2v) is 17.8. The number of para-hydroxylation sites is 1. The SMILES string of the molecule is CCC(CC)[C@@H]1NC(=O)CNC(=O)[C@@H]2Cc3c([nH]c4ccccc34)S[C@@H](C)[C@H](NC(=O)CNC1=O)C(=O)N[C@@H](CC(N)=O)C(=O)N1C[C@H](O)C[C@H]1C(=O)N[C@@H]([C@@H](C)[C@@H](O)CO)C(=O)N2. The predicted octanol–water partition coefficient (Wildman–Crippen LogP) is -3.86. The summed E-state index contributed by atoms with van der Waals surface area (Å²) in [5, 5.41) is 49.4. The number of hydrogen-bond acceptors (Lipinski definition) is 13. The molecule has 1 aromatic carbocycles. The minimum Gasteiger partial charge on any atom is -0.394 e. The van der Waals surface area contributed by atoms with Crippen LogP contribution < -0.4 is 43.0 Å². The lowest BCUT2D eigenvalue weighted by Gasteiger charge is -2.33. The Kier molecular flexibility index (Phi) is 16.7. The number of thioether (sulfide) groups is 1. The molecule has 350 valence electrons. The minimum atomic E-state index is -1.73. The van der Waals surface area contributed by atoms with E-state index in [1.54, 1.807) is 45.0 Å². The number of aromatic nitrogens is 1. The van der Waals surface area contributed by atoms with Crippen LogP contribution in [0.1, 0.15) is 58.9 Å². The van der Waals surface area contributed by atoms with Crippen molar-refractivity contribution < 1.29 is 58.5 Å². The van der Waals surface area contributed by atoms with Crippen LogP contribution in [0.15, 0.2) is 29.3 Å². The van der Waals surface area contributed by atoms with E-state index in [2.05, 4.69) is 42.2 Å². The molecule has 23 heteroatoms. The van der Waals surface area contributed by atoms with Gasteiger partial charge in [-0.3, -0.25) is 43.2 Å². The smallest absolute Gasteiger partial charge is 0.246 e. The first-order valence-electron chi connectivity index (χ1n) is 21.2. The molecule has 0 saturated carbocycles. The fourth-order valence-electron chi connectivity index (χ4n) is 8.22. The maximum absolute atomic E-state index is 14.5. The molecule has 0 radical (unpaired) electrons. The number of nitrogens with zero attached hydrogens (tertiary/aromatic N) is 1. The van der Waals surface area contributed by atoms with Gasteiger partial charge >= 0.3 is 0 Å². The Morgan fingerprint density at radius 1 is 0.859 bits per heavy atom. The van der Waals surface area contributed by atoms with E-state index in [-0.39, 0.29) is 12.8 Å². The predicted molar refractivity (Wildman–Crippen MR) is 229 cm³/mol. The van der Waals surface area contributed by atoms with Gasteiger partial charge in [-0.2, -0.15) is 0 Å². The van der Waals surface area contributed by atoms with E-state index in [1.165, 1.54) is 6.92 Å². The molecule has 64 heavy (non-hydrogen) atoms. The van der Waals surface area contributed by atoms with Crippen LogP contribution in [-0.2, 0) is 49.6 Å². The molecular weight excluding hydrogens is 857 g/mol. The molecule has 9 amide bonds. The third-order valence-corrected chi connectivity index (χ3v) is 13.2. The highest BCUT2D eigenvalue weighted by atomic mass is 32.2. The fraction of sp³-hybridized carbons (Fsp3) is 0.585. The van der Waals surface area contributed by atoms with Crippen LogP contribution in [0.25, 0.3) is 10.9 Å². The lowest BCUT2D eigenvalue weighted by Crippen LogP contribution is -2.62. The zero-order valence-corrected chi connectivity index (χ0v) is 36.8. The molecule has 1 saturated heterocycles. The lowest BCUT2D eigenvalue weighted by molar-refractivity contribution is -0.144. The number of nitrogens with one attached hydrogen (secondary N) is 8. The third kappa shape index (κ3) is 11.7. The van der Waals surface area contributed by atoms with E-state index in [9.17, 15) is 58.5 Å². The number of benzene rings is 1. The van der Waals surface area contributed by atoms with E-state index in [0.29, 0.717) is 34.3 Å². The zero-order chi connectivity index (χ0) is 47.0. The Balaban J connectivity index is 1.72. The summed E-state index contributed by atoms with van der Waals surface area (Å²) in [6, 6.07) is -2.13. The molecule has 1 aromatic heterocycles. The van der Waals surface area contributed by atoms with Gasteiger partial charge in [-0.15, -0.1) is 11.8 Å². The van der Waals surface area contributed by atoms with E-state index in [1.807, 2.05) is 0 Å². The third-order valence-electron chi connectivity index (χ3n) is 11.9. The highest BCUT2D eigenvalue weighted by Crippen LogP contribution is 2.35. The largest absolute Gasteiger partial charge is 0.394 e. The van der Waals surface area contributed by atoms with Gasteiger partial charge in [0, 0.05) is 41.5 Å². The Labute approximate surface area is 372 Å². The van der Waals surface area contributed by atoms with Crippen LogP contribution >= 0.6 is 11.8 Å². The average molecular weight is 915 g/mol. The van der Waals surface area contributed by atoms with Gasteiger partial charge in [0.1, 0.15) is 36.3 Å². The maximum atomic E-state index is 14.5. The number of carbonyl (C=O) groups excluding carboxylic acids is 9. The van der Waals surface area contributed by atoms with Gasteiger partial charge in [0.25, 0.3) is 0 Å². The van der Waals surface area contributed by atoms with Gasteiger partial charge < -0.3 is 68.2 Å². The van der Waals surface area contributed by atoms with E-state index in [0.717, 1.165) is 16.7 Å².